The Morgan fingerprint density at radius 1 is 1.07 bits per heavy atom. The largest absolute Gasteiger partial charge is 0.493 e. The molecular formula is C20H24N4O4S. The summed E-state index contributed by atoms with van der Waals surface area (Å²) in [4.78, 5) is 34.5. The Balaban J connectivity index is 2.35. The van der Waals surface area contributed by atoms with E-state index in [1.807, 2.05) is 6.07 Å². The molecule has 0 fully saturated rings. The smallest absolute Gasteiger partial charge is 0.332 e. The Bertz CT molecular complexity index is 1190. The molecule has 0 radical (unpaired) electrons. The molecule has 0 bridgehead atoms. The van der Waals surface area contributed by atoms with Gasteiger partial charge < -0.3 is 9.47 Å². The van der Waals surface area contributed by atoms with E-state index in [-0.39, 0.29) is 5.25 Å². The molecule has 1 aromatic carbocycles. The van der Waals surface area contributed by atoms with Crippen molar-refractivity contribution >= 4 is 22.8 Å². The second-order valence-electron chi connectivity index (χ2n) is 6.66. The summed E-state index contributed by atoms with van der Waals surface area (Å²) in [6, 6.07) is 5.36. The van der Waals surface area contributed by atoms with Crippen molar-refractivity contribution in [2.75, 3.05) is 14.2 Å². The van der Waals surface area contributed by atoms with E-state index in [4.69, 9.17) is 9.47 Å². The van der Waals surface area contributed by atoms with Gasteiger partial charge in [0.15, 0.2) is 23.0 Å². The number of fused-ring (bicyclic) bond motifs is 1. The molecule has 2 heterocycles. The summed E-state index contributed by atoms with van der Waals surface area (Å²) in [5, 5.41) is 1.16. The van der Waals surface area contributed by atoms with Crippen LogP contribution in [0.15, 0.2) is 32.8 Å². The summed E-state index contributed by atoms with van der Waals surface area (Å²) in [5.41, 5.74) is 0.180. The van der Waals surface area contributed by atoms with Crippen molar-refractivity contribution in [1.29, 1.82) is 0 Å². The van der Waals surface area contributed by atoms with Gasteiger partial charge in [0.1, 0.15) is 10.4 Å². The van der Waals surface area contributed by atoms with E-state index in [9.17, 15) is 9.59 Å². The third-order valence-corrected chi connectivity index (χ3v) is 6.05. The van der Waals surface area contributed by atoms with Gasteiger partial charge in [-0.3, -0.25) is 13.9 Å². The van der Waals surface area contributed by atoms with Crippen molar-refractivity contribution in [2.45, 2.75) is 30.5 Å². The minimum absolute atomic E-state index is 0.244. The van der Waals surface area contributed by atoms with Crippen molar-refractivity contribution in [3.8, 4) is 22.9 Å². The molecule has 0 amide bonds. The maximum atomic E-state index is 12.8. The molecule has 0 spiro atoms. The Hall–Kier alpha value is -2.81. The molecule has 3 aromatic rings. The van der Waals surface area contributed by atoms with Crippen LogP contribution in [0.1, 0.15) is 20.3 Å². The normalized spacial score (nSPS) is 12.2. The average Bonchev–Trinajstić information content (AvgIpc) is 2.74. The molecule has 0 aliphatic heterocycles. The standard InChI is InChI=1S/C20H24N4O4S/c1-7-11(2)29-18-15-17(23(3)20(26)24(4)19(15)25)21-16(22-18)12-8-9-13(27-5)14(10-12)28-6/h8-11H,7H2,1-6H3/t11-/m0/s1. The first kappa shape index (κ1) is 20.9. The maximum Gasteiger partial charge on any atom is 0.332 e. The molecule has 29 heavy (non-hydrogen) atoms. The molecular weight excluding hydrogens is 392 g/mol. The summed E-state index contributed by atoms with van der Waals surface area (Å²) in [6.45, 7) is 4.14. The van der Waals surface area contributed by atoms with Gasteiger partial charge in [-0.2, -0.15) is 0 Å². The number of ether oxygens (including phenoxy) is 2. The molecule has 0 saturated heterocycles. The minimum Gasteiger partial charge on any atom is -0.493 e. The molecule has 0 unspecified atom stereocenters. The lowest BCUT2D eigenvalue weighted by atomic mass is 10.2. The average molecular weight is 417 g/mol. The van der Waals surface area contributed by atoms with Gasteiger partial charge in [0.2, 0.25) is 0 Å². The number of methoxy groups -OCH3 is 2. The van der Waals surface area contributed by atoms with E-state index in [0.717, 1.165) is 11.0 Å². The Labute approximate surface area is 172 Å². The zero-order valence-corrected chi connectivity index (χ0v) is 18.2. The highest BCUT2D eigenvalue weighted by Crippen LogP contribution is 2.33. The quantitative estimate of drug-likeness (QED) is 0.451. The molecule has 3 rings (SSSR count). The summed E-state index contributed by atoms with van der Waals surface area (Å²) in [5.74, 6) is 1.54. The summed E-state index contributed by atoms with van der Waals surface area (Å²) in [6.07, 6.45) is 0.911. The Morgan fingerprint density at radius 2 is 1.76 bits per heavy atom. The van der Waals surface area contributed by atoms with Crippen LogP contribution in [0.25, 0.3) is 22.4 Å². The monoisotopic (exact) mass is 416 g/mol. The van der Waals surface area contributed by atoms with Gasteiger partial charge in [-0.1, -0.05) is 13.8 Å². The second-order valence-corrected chi connectivity index (χ2v) is 8.09. The first-order valence-electron chi connectivity index (χ1n) is 9.19. The van der Waals surface area contributed by atoms with Crippen LogP contribution in [0.5, 0.6) is 11.5 Å². The van der Waals surface area contributed by atoms with E-state index in [2.05, 4.69) is 23.8 Å². The van der Waals surface area contributed by atoms with Crippen LogP contribution < -0.4 is 20.7 Å². The lowest BCUT2D eigenvalue weighted by molar-refractivity contribution is 0.355. The van der Waals surface area contributed by atoms with E-state index in [1.165, 1.54) is 23.4 Å². The van der Waals surface area contributed by atoms with Crippen LogP contribution in [-0.4, -0.2) is 38.6 Å². The summed E-state index contributed by atoms with van der Waals surface area (Å²) < 4.78 is 13.1. The molecule has 0 aliphatic rings. The first-order chi connectivity index (χ1) is 13.8. The topological polar surface area (TPSA) is 88.2 Å². The predicted octanol–water partition coefficient (Wildman–Crippen LogP) is 2.60. The van der Waals surface area contributed by atoms with Crippen LogP contribution in [0.2, 0.25) is 0 Å². The van der Waals surface area contributed by atoms with Gasteiger partial charge in [-0.05, 0) is 24.6 Å². The van der Waals surface area contributed by atoms with Crippen molar-refractivity contribution < 1.29 is 9.47 Å². The van der Waals surface area contributed by atoms with Gasteiger partial charge in [-0.15, -0.1) is 11.8 Å². The van der Waals surface area contributed by atoms with Crippen molar-refractivity contribution in [3.63, 3.8) is 0 Å². The number of aryl methyl sites for hydroxylation is 1. The number of hydrogen-bond acceptors (Lipinski definition) is 7. The van der Waals surface area contributed by atoms with E-state index in [1.54, 1.807) is 33.4 Å². The van der Waals surface area contributed by atoms with Gasteiger partial charge >= 0.3 is 5.69 Å². The van der Waals surface area contributed by atoms with E-state index < -0.39 is 11.2 Å². The molecule has 154 valence electrons. The van der Waals surface area contributed by atoms with Crippen LogP contribution in [0.3, 0.4) is 0 Å². The maximum absolute atomic E-state index is 12.8. The van der Waals surface area contributed by atoms with Crippen LogP contribution >= 0.6 is 11.8 Å². The highest BCUT2D eigenvalue weighted by Gasteiger charge is 2.20. The SMILES string of the molecule is CC[C@H](C)Sc1nc(-c2ccc(OC)c(OC)c2)nc2c1c(=O)n(C)c(=O)n2C. The molecule has 0 aliphatic carbocycles. The molecule has 8 nitrogen and oxygen atoms in total. The minimum atomic E-state index is -0.432. The highest BCUT2D eigenvalue weighted by molar-refractivity contribution is 8.00. The zero-order chi connectivity index (χ0) is 21.3. The van der Waals surface area contributed by atoms with Gasteiger partial charge in [-0.25, -0.2) is 14.8 Å². The van der Waals surface area contributed by atoms with Crippen LogP contribution in [-0.2, 0) is 14.1 Å². The molecule has 9 heteroatoms. The molecule has 0 N–H and O–H groups in total. The van der Waals surface area contributed by atoms with Crippen molar-refractivity contribution in [2.24, 2.45) is 14.1 Å². The van der Waals surface area contributed by atoms with Crippen LogP contribution in [0.4, 0.5) is 0 Å². The van der Waals surface area contributed by atoms with Crippen molar-refractivity contribution in [1.82, 2.24) is 19.1 Å². The number of benzene rings is 1. The molecule has 0 saturated carbocycles. The van der Waals surface area contributed by atoms with E-state index in [0.29, 0.717) is 38.9 Å². The summed E-state index contributed by atoms with van der Waals surface area (Å²) >= 11 is 1.50. The Morgan fingerprint density at radius 3 is 2.38 bits per heavy atom. The molecule has 2 aromatic heterocycles. The second kappa shape index (κ2) is 8.28. The third-order valence-electron chi connectivity index (χ3n) is 4.80. The molecule has 1 atom stereocenters. The van der Waals surface area contributed by atoms with Gasteiger partial charge in [0.25, 0.3) is 5.56 Å². The van der Waals surface area contributed by atoms with Gasteiger partial charge in [0, 0.05) is 24.9 Å². The summed E-state index contributed by atoms with van der Waals surface area (Å²) in [7, 11) is 6.19. The van der Waals surface area contributed by atoms with E-state index >= 15 is 0 Å². The first-order valence-corrected chi connectivity index (χ1v) is 10.1. The number of nitrogens with zero attached hydrogens (tertiary/aromatic N) is 4. The van der Waals surface area contributed by atoms with Crippen LogP contribution in [0, 0.1) is 0 Å². The number of thioether (sulfide) groups is 1. The van der Waals surface area contributed by atoms with Crippen molar-refractivity contribution in [3.05, 3.63) is 39.0 Å². The number of hydrogen-bond donors (Lipinski definition) is 0. The Kier molecular flexibility index (Phi) is 5.97. The predicted molar refractivity (Wildman–Crippen MR) is 114 cm³/mol. The zero-order valence-electron chi connectivity index (χ0n) is 17.3. The lowest BCUT2D eigenvalue weighted by Crippen LogP contribution is -2.37. The number of rotatable bonds is 6. The fourth-order valence-corrected chi connectivity index (χ4v) is 3.88. The fraction of sp³-hybridized carbons (Fsp3) is 0.400. The van der Waals surface area contributed by atoms with Gasteiger partial charge in [0.05, 0.1) is 14.2 Å². The highest BCUT2D eigenvalue weighted by atomic mass is 32.2. The lowest BCUT2D eigenvalue weighted by Gasteiger charge is -2.14. The third kappa shape index (κ3) is 3.74. The number of aromatic nitrogens is 4. The fourth-order valence-electron chi connectivity index (χ4n) is 2.89.